The highest BCUT2D eigenvalue weighted by Crippen LogP contribution is 2.32. The maximum absolute atomic E-state index is 9.64. The minimum absolute atomic E-state index is 0.140. The molecule has 2 N–H and O–H groups in total. The normalized spacial score (nSPS) is 20.4. The van der Waals surface area contributed by atoms with Crippen LogP contribution in [0.4, 0.5) is 5.69 Å². The number of aliphatic hydroxyl groups excluding tert-OH is 1. The van der Waals surface area contributed by atoms with Gasteiger partial charge in [0.05, 0.1) is 6.61 Å². The van der Waals surface area contributed by atoms with E-state index in [0.29, 0.717) is 6.04 Å². The van der Waals surface area contributed by atoms with E-state index in [0.717, 1.165) is 38.8 Å². The summed E-state index contributed by atoms with van der Waals surface area (Å²) in [4.78, 5) is 2.52. The molecule has 2 unspecified atom stereocenters. The summed E-state index contributed by atoms with van der Waals surface area (Å²) in [5, 5.41) is 13.1. The predicted octanol–water partition coefficient (Wildman–Crippen LogP) is 2.97. The van der Waals surface area contributed by atoms with E-state index in [4.69, 9.17) is 0 Å². The second-order valence-electron chi connectivity index (χ2n) is 6.62. The first-order chi connectivity index (χ1) is 10.1. The predicted molar refractivity (Wildman–Crippen MR) is 90.0 cm³/mol. The Balaban J connectivity index is 1.88. The molecule has 1 aliphatic heterocycles. The Kier molecular flexibility index (Phi) is 5.65. The molecule has 0 spiro atoms. The van der Waals surface area contributed by atoms with E-state index in [1.54, 1.807) is 0 Å². The van der Waals surface area contributed by atoms with Gasteiger partial charge in [-0.25, -0.2) is 0 Å². The molecule has 0 bridgehead atoms. The molecule has 118 valence electrons. The first-order valence-corrected chi connectivity index (χ1v) is 8.30. The smallest absolute Gasteiger partial charge is 0.0610 e. The minimum atomic E-state index is -0.140. The Hall–Kier alpha value is -1.06. The fourth-order valence-electron chi connectivity index (χ4n) is 3.26. The van der Waals surface area contributed by atoms with Gasteiger partial charge >= 0.3 is 0 Å². The largest absolute Gasteiger partial charge is 0.394 e. The zero-order valence-corrected chi connectivity index (χ0v) is 13.7. The molecule has 3 nitrogen and oxygen atoms in total. The highest BCUT2D eigenvalue weighted by atomic mass is 16.3. The van der Waals surface area contributed by atoms with Gasteiger partial charge in [-0.2, -0.15) is 0 Å². The highest BCUT2D eigenvalue weighted by Gasteiger charge is 2.27. The molecule has 0 amide bonds. The van der Waals surface area contributed by atoms with Gasteiger partial charge in [-0.05, 0) is 57.7 Å². The van der Waals surface area contributed by atoms with Crippen molar-refractivity contribution >= 4 is 5.69 Å². The number of nitrogens with one attached hydrogen (secondary N) is 1. The number of anilines is 1. The van der Waals surface area contributed by atoms with Crippen LogP contribution in [0.3, 0.4) is 0 Å². The number of aliphatic hydroxyl groups is 1. The van der Waals surface area contributed by atoms with E-state index in [-0.39, 0.29) is 12.1 Å². The maximum Gasteiger partial charge on any atom is 0.0610 e. The van der Waals surface area contributed by atoms with E-state index in [1.165, 1.54) is 11.3 Å². The van der Waals surface area contributed by atoms with Gasteiger partial charge in [0.2, 0.25) is 0 Å². The van der Waals surface area contributed by atoms with Crippen LogP contribution in [-0.4, -0.2) is 36.4 Å². The molecule has 1 aromatic carbocycles. The van der Waals surface area contributed by atoms with Gasteiger partial charge < -0.3 is 15.3 Å². The van der Waals surface area contributed by atoms with Crippen molar-refractivity contribution in [3.8, 4) is 0 Å². The number of rotatable bonds is 8. The minimum Gasteiger partial charge on any atom is -0.394 e. The molecule has 1 aliphatic rings. The second kappa shape index (κ2) is 7.28. The van der Waals surface area contributed by atoms with Crippen molar-refractivity contribution in [2.45, 2.75) is 58.0 Å². The van der Waals surface area contributed by atoms with E-state index < -0.39 is 0 Å². The summed E-state index contributed by atoms with van der Waals surface area (Å²) in [5.41, 5.74) is 2.73. The third kappa shape index (κ3) is 3.98. The SMILES string of the molecule is CCCNC(C)(CO)CCCN1c2ccccc2CC1C. The monoisotopic (exact) mass is 290 g/mol. The van der Waals surface area contributed by atoms with E-state index in [2.05, 4.69) is 55.3 Å². The van der Waals surface area contributed by atoms with Crippen LogP contribution in [0.2, 0.25) is 0 Å². The molecule has 2 atom stereocenters. The van der Waals surface area contributed by atoms with Crippen LogP contribution >= 0.6 is 0 Å². The molecule has 0 saturated carbocycles. The lowest BCUT2D eigenvalue weighted by Crippen LogP contribution is -2.46. The van der Waals surface area contributed by atoms with Crippen LogP contribution in [0.15, 0.2) is 24.3 Å². The maximum atomic E-state index is 9.64. The number of para-hydroxylation sites is 1. The summed E-state index contributed by atoms with van der Waals surface area (Å²) in [6.07, 6.45) is 4.37. The van der Waals surface area contributed by atoms with Crippen LogP contribution < -0.4 is 10.2 Å². The summed E-state index contributed by atoms with van der Waals surface area (Å²) in [6.45, 7) is 8.85. The molecule has 1 aromatic rings. The highest BCUT2D eigenvalue weighted by molar-refractivity contribution is 5.59. The Morgan fingerprint density at radius 1 is 1.38 bits per heavy atom. The van der Waals surface area contributed by atoms with Gasteiger partial charge in [0.1, 0.15) is 0 Å². The number of benzene rings is 1. The molecule has 0 saturated heterocycles. The van der Waals surface area contributed by atoms with Crippen molar-refractivity contribution in [1.82, 2.24) is 5.32 Å². The summed E-state index contributed by atoms with van der Waals surface area (Å²) >= 11 is 0. The average Bonchev–Trinajstić information content (AvgIpc) is 2.81. The Bertz CT molecular complexity index is 449. The third-order valence-corrected chi connectivity index (χ3v) is 4.63. The molecule has 0 radical (unpaired) electrons. The molecule has 2 rings (SSSR count). The fourth-order valence-corrected chi connectivity index (χ4v) is 3.26. The van der Waals surface area contributed by atoms with Crippen molar-refractivity contribution in [1.29, 1.82) is 0 Å². The van der Waals surface area contributed by atoms with E-state index in [9.17, 15) is 5.11 Å². The van der Waals surface area contributed by atoms with Gasteiger partial charge in [0.15, 0.2) is 0 Å². The van der Waals surface area contributed by atoms with Crippen LogP contribution in [0, 0.1) is 0 Å². The first-order valence-electron chi connectivity index (χ1n) is 8.30. The van der Waals surface area contributed by atoms with Gasteiger partial charge in [0.25, 0.3) is 0 Å². The molecular formula is C18H30N2O. The zero-order valence-electron chi connectivity index (χ0n) is 13.7. The van der Waals surface area contributed by atoms with Crippen LogP contribution in [0.5, 0.6) is 0 Å². The standard InChI is InChI=1S/C18H30N2O/c1-4-11-19-18(3,14-21)10-7-12-20-15(2)13-16-8-5-6-9-17(16)20/h5-6,8-9,15,19,21H,4,7,10-14H2,1-3H3. The number of fused-ring (bicyclic) bond motifs is 1. The molecule has 21 heavy (non-hydrogen) atoms. The van der Waals surface area contributed by atoms with E-state index in [1.807, 2.05) is 0 Å². The first kappa shape index (κ1) is 16.3. The fraction of sp³-hybridized carbons (Fsp3) is 0.667. The van der Waals surface area contributed by atoms with Gasteiger partial charge in [-0.15, -0.1) is 0 Å². The molecule has 0 aromatic heterocycles. The van der Waals surface area contributed by atoms with Crippen molar-refractivity contribution in [2.75, 3.05) is 24.6 Å². The summed E-state index contributed by atoms with van der Waals surface area (Å²) in [6, 6.07) is 9.33. The van der Waals surface area contributed by atoms with Gasteiger partial charge in [0, 0.05) is 23.8 Å². The summed E-state index contributed by atoms with van der Waals surface area (Å²) < 4.78 is 0. The second-order valence-corrected chi connectivity index (χ2v) is 6.62. The number of nitrogens with zero attached hydrogens (tertiary/aromatic N) is 1. The van der Waals surface area contributed by atoms with Crippen molar-refractivity contribution < 1.29 is 5.11 Å². The number of hydrogen-bond donors (Lipinski definition) is 2. The zero-order chi connectivity index (χ0) is 15.3. The number of hydrogen-bond acceptors (Lipinski definition) is 3. The lowest BCUT2D eigenvalue weighted by Gasteiger charge is -2.31. The van der Waals surface area contributed by atoms with Crippen molar-refractivity contribution in [3.05, 3.63) is 29.8 Å². The molecule has 0 fully saturated rings. The quantitative estimate of drug-likeness (QED) is 0.772. The summed E-state index contributed by atoms with van der Waals surface area (Å²) in [5.74, 6) is 0. The van der Waals surface area contributed by atoms with Crippen molar-refractivity contribution in [3.63, 3.8) is 0 Å². The molecule has 3 heteroatoms. The Labute approximate surface area is 129 Å². The van der Waals surface area contributed by atoms with Gasteiger partial charge in [-0.1, -0.05) is 25.1 Å². The molecule has 1 heterocycles. The Morgan fingerprint density at radius 2 is 2.14 bits per heavy atom. The average molecular weight is 290 g/mol. The summed E-state index contributed by atoms with van der Waals surface area (Å²) in [7, 11) is 0. The van der Waals surface area contributed by atoms with Gasteiger partial charge in [-0.3, -0.25) is 0 Å². The van der Waals surface area contributed by atoms with Crippen molar-refractivity contribution in [2.24, 2.45) is 0 Å². The van der Waals surface area contributed by atoms with E-state index >= 15 is 0 Å². The van der Waals surface area contributed by atoms with Crippen LogP contribution in [-0.2, 0) is 6.42 Å². The topological polar surface area (TPSA) is 35.5 Å². The molecule has 0 aliphatic carbocycles. The third-order valence-electron chi connectivity index (χ3n) is 4.63. The molecular weight excluding hydrogens is 260 g/mol. The lowest BCUT2D eigenvalue weighted by molar-refractivity contribution is 0.164. The lowest BCUT2D eigenvalue weighted by atomic mass is 9.96. The van der Waals surface area contributed by atoms with Crippen LogP contribution in [0.25, 0.3) is 0 Å². The van der Waals surface area contributed by atoms with Crippen LogP contribution in [0.1, 0.15) is 45.6 Å². The Morgan fingerprint density at radius 3 is 2.86 bits per heavy atom.